The SMILES string of the molecule is O=C(O)[C@H]1CCCN(c2nc(Cc3ccccc3)ns2)C1. The Morgan fingerprint density at radius 2 is 2.19 bits per heavy atom. The van der Waals surface area contributed by atoms with Crippen molar-refractivity contribution in [1.82, 2.24) is 9.36 Å². The van der Waals surface area contributed by atoms with E-state index in [1.54, 1.807) is 0 Å². The molecule has 1 saturated heterocycles. The molecule has 0 spiro atoms. The minimum atomic E-state index is -0.714. The standard InChI is InChI=1S/C15H17N3O2S/c19-14(20)12-7-4-8-18(10-12)15-16-13(17-21-15)9-11-5-2-1-3-6-11/h1-3,5-6,12H,4,7-10H2,(H,19,20)/t12-/m0/s1. The highest BCUT2D eigenvalue weighted by Crippen LogP contribution is 2.25. The predicted octanol–water partition coefficient (Wildman–Crippen LogP) is 2.43. The molecule has 1 aromatic heterocycles. The van der Waals surface area contributed by atoms with Gasteiger partial charge >= 0.3 is 5.97 Å². The fourth-order valence-corrected chi connectivity index (χ4v) is 3.30. The fraction of sp³-hybridized carbons (Fsp3) is 0.400. The minimum absolute atomic E-state index is 0.291. The first kappa shape index (κ1) is 14.0. The number of carbonyl (C=O) groups is 1. The van der Waals surface area contributed by atoms with Crippen molar-refractivity contribution in [3.63, 3.8) is 0 Å². The molecule has 1 fully saturated rings. The lowest BCUT2D eigenvalue weighted by molar-refractivity contribution is -0.141. The summed E-state index contributed by atoms with van der Waals surface area (Å²) in [4.78, 5) is 17.7. The average Bonchev–Trinajstić information content (AvgIpc) is 2.97. The molecule has 3 rings (SSSR count). The van der Waals surface area contributed by atoms with Gasteiger partial charge in [0.05, 0.1) is 5.92 Å². The van der Waals surface area contributed by atoms with E-state index in [2.05, 4.69) is 26.4 Å². The van der Waals surface area contributed by atoms with Gasteiger partial charge in [-0.2, -0.15) is 4.37 Å². The van der Waals surface area contributed by atoms with E-state index < -0.39 is 5.97 Å². The zero-order chi connectivity index (χ0) is 14.7. The zero-order valence-electron chi connectivity index (χ0n) is 11.6. The van der Waals surface area contributed by atoms with Crippen molar-refractivity contribution in [1.29, 1.82) is 0 Å². The summed E-state index contributed by atoms with van der Waals surface area (Å²) >= 11 is 1.36. The average molecular weight is 303 g/mol. The maximum absolute atomic E-state index is 11.1. The summed E-state index contributed by atoms with van der Waals surface area (Å²) in [5, 5.41) is 9.98. The third kappa shape index (κ3) is 3.39. The summed E-state index contributed by atoms with van der Waals surface area (Å²) in [6.07, 6.45) is 2.36. The lowest BCUT2D eigenvalue weighted by Gasteiger charge is -2.29. The first-order chi connectivity index (χ1) is 10.2. The summed E-state index contributed by atoms with van der Waals surface area (Å²) in [7, 11) is 0. The van der Waals surface area contributed by atoms with Gasteiger partial charge in [0.2, 0.25) is 5.13 Å². The van der Waals surface area contributed by atoms with Gasteiger partial charge < -0.3 is 10.0 Å². The highest BCUT2D eigenvalue weighted by Gasteiger charge is 2.27. The maximum atomic E-state index is 11.1. The molecule has 21 heavy (non-hydrogen) atoms. The molecule has 0 amide bonds. The highest BCUT2D eigenvalue weighted by molar-refractivity contribution is 7.09. The van der Waals surface area contributed by atoms with Gasteiger partial charge in [-0.3, -0.25) is 4.79 Å². The first-order valence-corrected chi connectivity index (χ1v) is 7.84. The highest BCUT2D eigenvalue weighted by atomic mass is 32.1. The Bertz CT molecular complexity index is 614. The monoisotopic (exact) mass is 303 g/mol. The van der Waals surface area contributed by atoms with Crippen molar-refractivity contribution in [3.05, 3.63) is 41.7 Å². The Kier molecular flexibility index (Phi) is 4.15. The van der Waals surface area contributed by atoms with E-state index in [0.717, 1.165) is 30.3 Å². The second-order valence-corrected chi connectivity index (χ2v) is 6.01. The third-order valence-corrected chi connectivity index (χ3v) is 4.52. The van der Waals surface area contributed by atoms with Crippen molar-refractivity contribution in [2.24, 2.45) is 5.92 Å². The molecular weight excluding hydrogens is 286 g/mol. The van der Waals surface area contributed by atoms with Gasteiger partial charge in [-0.05, 0) is 18.4 Å². The molecule has 0 bridgehead atoms. The van der Waals surface area contributed by atoms with Crippen molar-refractivity contribution in [2.75, 3.05) is 18.0 Å². The maximum Gasteiger partial charge on any atom is 0.308 e. The molecule has 1 aliphatic rings. The minimum Gasteiger partial charge on any atom is -0.481 e. The summed E-state index contributed by atoms with van der Waals surface area (Å²) in [6.45, 7) is 1.40. The van der Waals surface area contributed by atoms with Gasteiger partial charge in [-0.25, -0.2) is 4.98 Å². The molecular formula is C15H17N3O2S. The van der Waals surface area contributed by atoms with E-state index in [-0.39, 0.29) is 5.92 Å². The van der Waals surface area contributed by atoms with Crippen molar-refractivity contribution < 1.29 is 9.90 Å². The summed E-state index contributed by atoms with van der Waals surface area (Å²) < 4.78 is 4.40. The Morgan fingerprint density at radius 1 is 1.38 bits per heavy atom. The van der Waals surface area contributed by atoms with Crippen LogP contribution in [0.15, 0.2) is 30.3 Å². The molecule has 2 aromatic rings. The van der Waals surface area contributed by atoms with Gasteiger partial charge in [0, 0.05) is 31.0 Å². The van der Waals surface area contributed by atoms with Crippen LogP contribution >= 0.6 is 11.5 Å². The van der Waals surface area contributed by atoms with E-state index in [4.69, 9.17) is 5.11 Å². The van der Waals surface area contributed by atoms with Crippen LogP contribution in [0.4, 0.5) is 5.13 Å². The third-order valence-electron chi connectivity index (χ3n) is 3.70. The van der Waals surface area contributed by atoms with E-state index in [9.17, 15) is 4.79 Å². The van der Waals surface area contributed by atoms with Gasteiger partial charge in [0.15, 0.2) is 0 Å². The van der Waals surface area contributed by atoms with Crippen molar-refractivity contribution in [3.8, 4) is 0 Å². The number of piperidine rings is 1. The fourth-order valence-electron chi connectivity index (χ4n) is 2.58. The quantitative estimate of drug-likeness (QED) is 0.939. The normalized spacial score (nSPS) is 18.7. The molecule has 5 nitrogen and oxygen atoms in total. The Morgan fingerprint density at radius 3 is 2.95 bits per heavy atom. The summed E-state index contributed by atoms with van der Waals surface area (Å²) in [5.74, 6) is -0.201. The van der Waals surface area contributed by atoms with Crippen LogP contribution in [0.3, 0.4) is 0 Å². The van der Waals surface area contributed by atoms with Crippen molar-refractivity contribution in [2.45, 2.75) is 19.3 Å². The number of rotatable bonds is 4. The molecule has 1 N–H and O–H groups in total. The number of anilines is 1. The molecule has 0 saturated carbocycles. The summed E-state index contributed by atoms with van der Waals surface area (Å²) in [5.41, 5.74) is 1.18. The second kappa shape index (κ2) is 6.22. The Balaban J connectivity index is 1.68. The van der Waals surface area contributed by atoms with Crippen LogP contribution < -0.4 is 4.90 Å². The molecule has 0 radical (unpaired) electrons. The zero-order valence-corrected chi connectivity index (χ0v) is 12.4. The van der Waals surface area contributed by atoms with Crippen LogP contribution in [0.5, 0.6) is 0 Å². The summed E-state index contributed by atoms with van der Waals surface area (Å²) in [6, 6.07) is 10.1. The molecule has 1 aliphatic heterocycles. The molecule has 2 heterocycles. The largest absolute Gasteiger partial charge is 0.481 e. The van der Waals surface area contributed by atoms with Gasteiger partial charge in [-0.1, -0.05) is 30.3 Å². The van der Waals surface area contributed by atoms with E-state index in [1.165, 1.54) is 17.1 Å². The van der Waals surface area contributed by atoms with E-state index in [1.807, 2.05) is 18.2 Å². The molecule has 0 unspecified atom stereocenters. The van der Waals surface area contributed by atoms with Crippen LogP contribution in [0, 0.1) is 5.92 Å². The number of carboxylic acids is 1. The molecule has 6 heteroatoms. The number of hydrogen-bond acceptors (Lipinski definition) is 5. The lowest BCUT2D eigenvalue weighted by atomic mass is 9.99. The van der Waals surface area contributed by atoms with Gasteiger partial charge in [-0.15, -0.1) is 0 Å². The second-order valence-electron chi connectivity index (χ2n) is 5.28. The molecule has 1 aromatic carbocycles. The number of carboxylic acid groups (broad SMARTS) is 1. The Hall–Kier alpha value is -1.95. The topological polar surface area (TPSA) is 66.3 Å². The van der Waals surface area contributed by atoms with Crippen LogP contribution in [0.1, 0.15) is 24.2 Å². The molecule has 1 atom stereocenters. The first-order valence-electron chi connectivity index (χ1n) is 7.06. The predicted molar refractivity (Wildman–Crippen MR) is 81.7 cm³/mol. The number of nitrogens with zero attached hydrogens (tertiary/aromatic N) is 3. The Labute approximate surface area is 127 Å². The van der Waals surface area contributed by atoms with Gasteiger partial charge in [0.25, 0.3) is 0 Å². The molecule has 110 valence electrons. The van der Waals surface area contributed by atoms with Gasteiger partial charge in [0.1, 0.15) is 5.82 Å². The number of benzene rings is 1. The van der Waals surface area contributed by atoms with E-state index in [0.29, 0.717) is 13.0 Å². The smallest absolute Gasteiger partial charge is 0.308 e. The molecule has 0 aliphatic carbocycles. The van der Waals surface area contributed by atoms with Crippen molar-refractivity contribution >= 4 is 22.6 Å². The number of hydrogen-bond donors (Lipinski definition) is 1. The van der Waals surface area contributed by atoms with Crippen LogP contribution in [-0.4, -0.2) is 33.5 Å². The van der Waals surface area contributed by atoms with E-state index >= 15 is 0 Å². The number of aliphatic carboxylic acids is 1. The number of aromatic nitrogens is 2. The van der Waals surface area contributed by atoms with Crippen LogP contribution in [0.25, 0.3) is 0 Å². The lowest BCUT2D eigenvalue weighted by Crippen LogP contribution is -2.38. The van der Waals surface area contributed by atoms with Crippen LogP contribution in [-0.2, 0) is 11.2 Å². The van der Waals surface area contributed by atoms with Crippen LogP contribution in [0.2, 0.25) is 0 Å².